The minimum absolute atomic E-state index is 0.165. The topological polar surface area (TPSA) is 32.7 Å². The maximum atomic E-state index is 10.0. The van der Waals surface area contributed by atoms with E-state index in [-0.39, 0.29) is 11.2 Å². The number of likely N-dealkylation sites (N-methyl/N-ethyl adjacent to an activating group) is 1. The zero-order valence-corrected chi connectivity index (χ0v) is 15.9. The van der Waals surface area contributed by atoms with Crippen LogP contribution < -0.4 is 9.64 Å². The SMILES string of the molecule is CN1c2ccc(Cl)cc2C(C)(C)C12C=Cc1ccc(O)c(Br)c1O2. The summed E-state index contributed by atoms with van der Waals surface area (Å²) in [6, 6.07) is 9.44. The molecule has 2 aromatic carbocycles. The Morgan fingerprint density at radius 3 is 2.71 bits per heavy atom. The van der Waals surface area contributed by atoms with E-state index in [4.69, 9.17) is 16.3 Å². The van der Waals surface area contributed by atoms with Gasteiger partial charge in [0.2, 0.25) is 5.72 Å². The molecule has 4 rings (SSSR count). The number of phenolic OH excluding ortho intramolecular Hbond substituents is 1. The summed E-state index contributed by atoms with van der Waals surface area (Å²) < 4.78 is 7.10. The molecule has 2 aliphatic rings. The first-order valence-electron chi connectivity index (χ1n) is 7.71. The summed E-state index contributed by atoms with van der Waals surface area (Å²) >= 11 is 9.69. The molecule has 1 spiro atoms. The second kappa shape index (κ2) is 4.93. The van der Waals surface area contributed by atoms with Gasteiger partial charge in [0, 0.05) is 23.3 Å². The number of hydrogen-bond acceptors (Lipinski definition) is 3. The second-order valence-corrected chi connectivity index (χ2v) is 8.02. The molecule has 3 nitrogen and oxygen atoms in total. The van der Waals surface area contributed by atoms with Crippen molar-refractivity contribution in [3.05, 3.63) is 57.0 Å². The number of fused-ring (bicyclic) bond motifs is 2. The van der Waals surface area contributed by atoms with E-state index in [1.165, 1.54) is 0 Å². The number of ether oxygens (including phenoxy) is 1. The van der Waals surface area contributed by atoms with Crippen LogP contribution in [0.2, 0.25) is 5.02 Å². The molecule has 2 aromatic rings. The Hall–Kier alpha value is -1.65. The molecule has 0 saturated heterocycles. The Kier molecular flexibility index (Phi) is 3.26. The number of phenols is 1. The fourth-order valence-electron chi connectivity index (χ4n) is 3.80. The van der Waals surface area contributed by atoms with E-state index in [9.17, 15) is 5.11 Å². The Morgan fingerprint density at radius 1 is 1.21 bits per heavy atom. The lowest BCUT2D eigenvalue weighted by molar-refractivity contribution is 0.0571. The van der Waals surface area contributed by atoms with Crippen molar-refractivity contribution in [1.82, 2.24) is 0 Å². The standard InChI is InChI=1S/C19H17BrClNO2/c1-18(2)13-10-12(21)5-6-14(13)22(3)19(18)9-8-11-4-7-15(23)16(20)17(11)24-19/h4-10,23H,1-3H3. The maximum absolute atomic E-state index is 10.0. The molecular formula is C19H17BrClNO2. The van der Waals surface area contributed by atoms with E-state index >= 15 is 0 Å². The van der Waals surface area contributed by atoms with Crippen LogP contribution in [0.4, 0.5) is 5.69 Å². The van der Waals surface area contributed by atoms with Crippen molar-refractivity contribution < 1.29 is 9.84 Å². The molecule has 0 saturated carbocycles. The summed E-state index contributed by atoms with van der Waals surface area (Å²) in [6.07, 6.45) is 4.14. The van der Waals surface area contributed by atoms with Crippen LogP contribution in [0.5, 0.6) is 11.5 Å². The van der Waals surface area contributed by atoms with Gasteiger partial charge in [0.15, 0.2) is 0 Å². The third-order valence-electron chi connectivity index (χ3n) is 5.24. The lowest BCUT2D eigenvalue weighted by Crippen LogP contribution is -2.58. The Bertz CT molecular complexity index is 893. The summed E-state index contributed by atoms with van der Waals surface area (Å²) in [5.74, 6) is 0.814. The Morgan fingerprint density at radius 2 is 1.96 bits per heavy atom. The van der Waals surface area contributed by atoms with E-state index in [0.29, 0.717) is 15.2 Å². The predicted octanol–water partition coefficient (Wildman–Crippen LogP) is 5.34. The lowest BCUT2D eigenvalue weighted by Gasteiger charge is -2.46. The number of halogens is 2. The predicted molar refractivity (Wildman–Crippen MR) is 101 cm³/mol. The van der Waals surface area contributed by atoms with Gasteiger partial charge >= 0.3 is 0 Å². The number of anilines is 1. The van der Waals surface area contributed by atoms with Crippen molar-refractivity contribution in [2.75, 3.05) is 11.9 Å². The number of nitrogens with zero attached hydrogens (tertiary/aromatic N) is 1. The first-order valence-corrected chi connectivity index (χ1v) is 8.88. The van der Waals surface area contributed by atoms with Crippen molar-refractivity contribution in [2.45, 2.75) is 25.0 Å². The van der Waals surface area contributed by atoms with Crippen LogP contribution in [-0.2, 0) is 5.41 Å². The molecular weight excluding hydrogens is 390 g/mol. The largest absolute Gasteiger partial charge is 0.507 e. The van der Waals surface area contributed by atoms with Crippen LogP contribution in [0.25, 0.3) is 6.08 Å². The van der Waals surface area contributed by atoms with E-state index in [2.05, 4.69) is 46.8 Å². The van der Waals surface area contributed by atoms with Crippen LogP contribution in [0.1, 0.15) is 25.0 Å². The molecule has 5 heteroatoms. The molecule has 0 bridgehead atoms. The molecule has 0 aliphatic carbocycles. The third-order valence-corrected chi connectivity index (χ3v) is 6.24. The summed E-state index contributed by atoms with van der Waals surface area (Å²) in [7, 11) is 2.02. The summed E-state index contributed by atoms with van der Waals surface area (Å²) in [4.78, 5) is 2.13. The molecule has 0 aromatic heterocycles. The number of aromatic hydroxyl groups is 1. The summed E-state index contributed by atoms with van der Waals surface area (Å²) in [5, 5.41) is 10.7. The molecule has 0 amide bonds. The molecule has 24 heavy (non-hydrogen) atoms. The van der Waals surface area contributed by atoms with Gasteiger partial charge in [-0.3, -0.25) is 0 Å². The van der Waals surface area contributed by atoms with Crippen molar-refractivity contribution in [2.24, 2.45) is 0 Å². The highest BCUT2D eigenvalue weighted by molar-refractivity contribution is 9.10. The van der Waals surface area contributed by atoms with Crippen LogP contribution in [0, 0.1) is 0 Å². The minimum atomic E-state index is -0.691. The molecule has 1 atom stereocenters. The average Bonchev–Trinajstić information content (AvgIpc) is 2.71. The van der Waals surface area contributed by atoms with E-state index in [1.807, 2.05) is 31.3 Å². The normalized spacial score (nSPS) is 23.1. The molecule has 0 fully saturated rings. The fourth-order valence-corrected chi connectivity index (χ4v) is 4.41. The Balaban J connectivity index is 1.93. The number of benzene rings is 2. The molecule has 2 aliphatic heterocycles. The third kappa shape index (κ3) is 1.84. The van der Waals surface area contributed by atoms with Crippen LogP contribution in [0.15, 0.2) is 40.9 Å². The highest BCUT2D eigenvalue weighted by Crippen LogP contribution is 2.56. The van der Waals surface area contributed by atoms with E-state index < -0.39 is 5.72 Å². The van der Waals surface area contributed by atoms with Gasteiger partial charge in [0.25, 0.3) is 0 Å². The maximum Gasteiger partial charge on any atom is 0.211 e. The Labute approximate surface area is 154 Å². The summed E-state index contributed by atoms with van der Waals surface area (Å²) in [6.45, 7) is 4.30. The first kappa shape index (κ1) is 15.9. The highest BCUT2D eigenvalue weighted by Gasteiger charge is 2.57. The molecule has 1 unspecified atom stereocenters. The van der Waals surface area contributed by atoms with Crippen molar-refractivity contribution in [3.63, 3.8) is 0 Å². The van der Waals surface area contributed by atoms with Crippen molar-refractivity contribution in [3.8, 4) is 11.5 Å². The van der Waals surface area contributed by atoms with Crippen molar-refractivity contribution in [1.29, 1.82) is 0 Å². The molecule has 2 heterocycles. The molecule has 1 N–H and O–H groups in total. The van der Waals surface area contributed by atoms with E-state index in [0.717, 1.165) is 16.8 Å². The van der Waals surface area contributed by atoms with Gasteiger partial charge in [0.05, 0.1) is 5.41 Å². The zero-order valence-electron chi connectivity index (χ0n) is 13.6. The van der Waals surface area contributed by atoms with Crippen LogP contribution >= 0.6 is 27.5 Å². The second-order valence-electron chi connectivity index (χ2n) is 6.79. The van der Waals surface area contributed by atoms with Gasteiger partial charge in [0.1, 0.15) is 16.0 Å². The van der Waals surface area contributed by atoms with Crippen molar-refractivity contribution >= 4 is 39.3 Å². The lowest BCUT2D eigenvalue weighted by atomic mass is 9.76. The van der Waals surface area contributed by atoms with Gasteiger partial charge in [-0.05, 0) is 77.8 Å². The smallest absolute Gasteiger partial charge is 0.211 e. The monoisotopic (exact) mass is 405 g/mol. The van der Waals surface area contributed by atoms with Crippen LogP contribution in [0.3, 0.4) is 0 Å². The highest BCUT2D eigenvalue weighted by atomic mass is 79.9. The van der Waals surface area contributed by atoms with Gasteiger partial charge in [-0.15, -0.1) is 0 Å². The zero-order chi connectivity index (χ0) is 17.3. The van der Waals surface area contributed by atoms with Crippen LogP contribution in [-0.4, -0.2) is 17.9 Å². The van der Waals surface area contributed by atoms with Gasteiger partial charge in [-0.2, -0.15) is 0 Å². The van der Waals surface area contributed by atoms with E-state index in [1.54, 1.807) is 6.07 Å². The van der Waals surface area contributed by atoms with Gasteiger partial charge in [-0.25, -0.2) is 0 Å². The molecule has 0 radical (unpaired) electrons. The number of hydrogen-bond donors (Lipinski definition) is 1. The van der Waals surface area contributed by atoms with Gasteiger partial charge in [-0.1, -0.05) is 11.6 Å². The minimum Gasteiger partial charge on any atom is -0.507 e. The van der Waals surface area contributed by atoms with Gasteiger partial charge < -0.3 is 14.7 Å². The average molecular weight is 407 g/mol. The number of rotatable bonds is 0. The fraction of sp³-hybridized carbons (Fsp3) is 0.263. The summed E-state index contributed by atoms with van der Waals surface area (Å²) in [5.41, 5.74) is 2.14. The molecule has 124 valence electrons. The first-order chi connectivity index (χ1) is 11.3. The quantitative estimate of drug-likeness (QED) is 0.641.